The molecule has 0 radical (unpaired) electrons. The van der Waals surface area contributed by atoms with Gasteiger partial charge in [-0.05, 0) is 31.4 Å². The third-order valence-corrected chi connectivity index (χ3v) is 2.87. The molecule has 0 bridgehead atoms. The third kappa shape index (κ3) is 4.09. The number of aryl methyl sites for hydroxylation is 2. The average molecular weight is 263 g/mol. The van der Waals surface area contributed by atoms with E-state index in [-0.39, 0.29) is 5.91 Å². The predicted molar refractivity (Wildman–Crippen MR) is 74.3 cm³/mol. The first-order chi connectivity index (χ1) is 8.61. The number of aliphatic carboxylic acids is 1. The fourth-order valence-electron chi connectivity index (χ4n) is 1.97. The lowest BCUT2D eigenvalue weighted by Crippen LogP contribution is -2.49. The number of carboxylic acid groups (broad SMARTS) is 1. The largest absolute Gasteiger partial charge is 0.480 e. The first kappa shape index (κ1) is 15.2. The van der Waals surface area contributed by atoms with E-state index in [1.165, 1.54) is 0 Å². The molecule has 4 heteroatoms. The van der Waals surface area contributed by atoms with E-state index in [0.29, 0.717) is 5.56 Å². The molecule has 1 rings (SSSR count). The SMILES string of the molecule is Cc1cc(C)cc(C(=O)NC(C(=O)O)C(C)(C)C)c1. The summed E-state index contributed by atoms with van der Waals surface area (Å²) < 4.78 is 0. The molecule has 4 nitrogen and oxygen atoms in total. The Labute approximate surface area is 113 Å². The van der Waals surface area contributed by atoms with Crippen molar-refractivity contribution in [3.05, 3.63) is 34.9 Å². The predicted octanol–water partition coefficient (Wildman–Crippen LogP) is 2.53. The van der Waals surface area contributed by atoms with E-state index in [9.17, 15) is 14.7 Å². The minimum absolute atomic E-state index is 0.353. The van der Waals surface area contributed by atoms with Crippen molar-refractivity contribution in [3.8, 4) is 0 Å². The van der Waals surface area contributed by atoms with Crippen molar-refractivity contribution in [2.45, 2.75) is 40.7 Å². The molecule has 0 aromatic heterocycles. The first-order valence-corrected chi connectivity index (χ1v) is 6.23. The number of carbonyl (C=O) groups excluding carboxylic acids is 1. The zero-order chi connectivity index (χ0) is 14.8. The van der Waals surface area contributed by atoms with E-state index < -0.39 is 17.4 Å². The molecule has 0 aliphatic heterocycles. The number of nitrogens with one attached hydrogen (secondary N) is 1. The Bertz CT molecular complexity index is 480. The van der Waals surface area contributed by atoms with E-state index in [1.54, 1.807) is 32.9 Å². The maximum Gasteiger partial charge on any atom is 0.326 e. The lowest BCUT2D eigenvalue weighted by Gasteiger charge is -2.27. The number of carbonyl (C=O) groups is 2. The normalized spacial score (nSPS) is 12.9. The molecule has 2 N–H and O–H groups in total. The Balaban J connectivity index is 2.97. The number of amides is 1. The maximum atomic E-state index is 12.1. The minimum Gasteiger partial charge on any atom is -0.480 e. The molecular weight excluding hydrogens is 242 g/mol. The monoisotopic (exact) mass is 263 g/mol. The van der Waals surface area contributed by atoms with Crippen LogP contribution in [0.1, 0.15) is 42.3 Å². The molecule has 1 aromatic rings. The molecule has 0 aliphatic rings. The fraction of sp³-hybridized carbons (Fsp3) is 0.467. The van der Waals surface area contributed by atoms with Crippen molar-refractivity contribution in [2.24, 2.45) is 5.41 Å². The van der Waals surface area contributed by atoms with Crippen LogP contribution in [0.15, 0.2) is 18.2 Å². The summed E-state index contributed by atoms with van der Waals surface area (Å²) in [6.45, 7) is 9.17. The average Bonchev–Trinajstić information content (AvgIpc) is 2.21. The highest BCUT2D eigenvalue weighted by atomic mass is 16.4. The third-order valence-electron chi connectivity index (χ3n) is 2.87. The molecule has 0 heterocycles. The molecule has 104 valence electrons. The second-order valence-electron chi connectivity index (χ2n) is 5.99. The first-order valence-electron chi connectivity index (χ1n) is 6.23. The second kappa shape index (κ2) is 5.43. The molecule has 1 atom stereocenters. The molecule has 0 spiro atoms. The molecule has 0 saturated heterocycles. The summed E-state index contributed by atoms with van der Waals surface area (Å²) in [5, 5.41) is 11.8. The lowest BCUT2D eigenvalue weighted by molar-refractivity contribution is -0.142. The van der Waals surface area contributed by atoms with Gasteiger partial charge in [-0.2, -0.15) is 0 Å². The van der Waals surface area contributed by atoms with E-state index in [0.717, 1.165) is 11.1 Å². The Kier molecular flexibility index (Phi) is 4.35. The van der Waals surface area contributed by atoms with Crippen molar-refractivity contribution in [2.75, 3.05) is 0 Å². The number of benzene rings is 1. The van der Waals surface area contributed by atoms with Gasteiger partial charge in [0.15, 0.2) is 0 Å². The van der Waals surface area contributed by atoms with Gasteiger partial charge < -0.3 is 10.4 Å². The van der Waals surface area contributed by atoms with Crippen LogP contribution in [0.25, 0.3) is 0 Å². The van der Waals surface area contributed by atoms with Crippen molar-refractivity contribution in [1.29, 1.82) is 0 Å². The van der Waals surface area contributed by atoms with Crippen LogP contribution in [-0.2, 0) is 4.79 Å². The minimum atomic E-state index is -1.02. The summed E-state index contributed by atoms with van der Waals surface area (Å²) >= 11 is 0. The summed E-state index contributed by atoms with van der Waals surface area (Å²) in [7, 11) is 0. The van der Waals surface area contributed by atoms with Crippen molar-refractivity contribution >= 4 is 11.9 Å². The number of rotatable bonds is 3. The van der Waals surface area contributed by atoms with Crippen LogP contribution >= 0.6 is 0 Å². The Hall–Kier alpha value is -1.84. The Morgan fingerprint density at radius 1 is 1.11 bits per heavy atom. The molecule has 19 heavy (non-hydrogen) atoms. The van der Waals surface area contributed by atoms with E-state index in [1.807, 2.05) is 19.9 Å². The van der Waals surface area contributed by atoms with Gasteiger partial charge in [0.1, 0.15) is 6.04 Å². The van der Waals surface area contributed by atoms with Gasteiger partial charge in [-0.25, -0.2) is 4.79 Å². The zero-order valence-corrected chi connectivity index (χ0v) is 12.1. The van der Waals surface area contributed by atoms with Crippen LogP contribution in [0.4, 0.5) is 0 Å². The van der Waals surface area contributed by atoms with E-state index >= 15 is 0 Å². The van der Waals surface area contributed by atoms with Gasteiger partial charge in [-0.1, -0.05) is 38.0 Å². The molecule has 1 amide bonds. The smallest absolute Gasteiger partial charge is 0.326 e. The van der Waals surface area contributed by atoms with Crippen LogP contribution in [0, 0.1) is 19.3 Å². The molecule has 0 fully saturated rings. The highest BCUT2D eigenvalue weighted by Gasteiger charge is 2.32. The summed E-state index contributed by atoms with van der Waals surface area (Å²) in [6.07, 6.45) is 0. The van der Waals surface area contributed by atoms with Gasteiger partial charge in [0, 0.05) is 5.56 Å². The zero-order valence-electron chi connectivity index (χ0n) is 12.1. The summed E-state index contributed by atoms with van der Waals surface area (Å²) in [6, 6.07) is 4.56. The topological polar surface area (TPSA) is 66.4 Å². The van der Waals surface area contributed by atoms with Crippen molar-refractivity contribution < 1.29 is 14.7 Å². The highest BCUT2D eigenvalue weighted by molar-refractivity contribution is 5.97. The van der Waals surface area contributed by atoms with Crippen LogP contribution in [0.5, 0.6) is 0 Å². The summed E-state index contributed by atoms with van der Waals surface area (Å²) in [4.78, 5) is 23.4. The number of hydrogen-bond donors (Lipinski definition) is 2. The lowest BCUT2D eigenvalue weighted by atomic mass is 9.86. The number of hydrogen-bond acceptors (Lipinski definition) is 2. The van der Waals surface area contributed by atoms with E-state index in [4.69, 9.17) is 0 Å². The van der Waals surface area contributed by atoms with Gasteiger partial charge in [-0.15, -0.1) is 0 Å². The standard InChI is InChI=1S/C15H21NO3/c1-9-6-10(2)8-11(7-9)13(17)16-12(14(18)19)15(3,4)5/h6-8,12H,1-5H3,(H,16,17)(H,18,19). The van der Waals surface area contributed by atoms with Gasteiger partial charge in [0.05, 0.1) is 0 Å². The van der Waals surface area contributed by atoms with Crippen molar-refractivity contribution in [1.82, 2.24) is 5.32 Å². The van der Waals surface area contributed by atoms with Crippen LogP contribution in [-0.4, -0.2) is 23.0 Å². The molecule has 1 aromatic carbocycles. The van der Waals surface area contributed by atoms with Gasteiger partial charge in [0.25, 0.3) is 5.91 Å². The molecule has 1 unspecified atom stereocenters. The quantitative estimate of drug-likeness (QED) is 0.880. The second-order valence-corrected chi connectivity index (χ2v) is 5.99. The molecular formula is C15H21NO3. The highest BCUT2D eigenvalue weighted by Crippen LogP contribution is 2.20. The van der Waals surface area contributed by atoms with Crippen LogP contribution in [0.3, 0.4) is 0 Å². The fourth-order valence-corrected chi connectivity index (χ4v) is 1.97. The van der Waals surface area contributed by atoms with Gasteiger partial charge in [-0.3, -0.25) is 4.79 Å². The summed E-state index contributed by atoms with van der Waals surface area (Å²) in [5.41, 5.74) is 1.91. The molecule has 0 saturated carbocycles. The van der Waals surface area contributed by atoms with Crippen LogP contribution < -0.4 is 5.32 Å². The van der Waals surface area contributed by atoms with E-state index in [2.05, 4.69) is 5.32 Å². The summed E-state index contributed by atoms with van der Waals surface area (Å²) in [5.74, 6) is -1.38. The Morgan fingerprint density at radius 2 is 1.58 bits per heavy atom. The van der Waals surface area contributed by atoms with Gasteiger partial charge in [0.2, 0.25) is 0 Å². The molecule has 0 aliphatic carbocycles. The van der Waals surface area contributed by atoms with Gasteiger partial charge >= 0.3 is 5.97 Å². The van der Waals surface area contributed by atoms with Crippen molar-refractivity contribution in [3.63, 3.8) is 0 Å². The van der Waals surface area contributed by atoms with Crippen LogP contribution in [0.2, 0.25) is 0 Å². The maximum absolute atomic E-state index is 12.1. The Morgan fingerprint density at radius 3 is 1.95 bits per heavy atom. The number of carboxylic acids is 1.